The number of carbonyl (C=O) groups is 2. The maximum absolute atomic E-state index is 13.0. The Labute approximate surface area is 281 Å². The van der Waals surface area contributed by atoms with Crippen LogP contribution in [-0.2, 0) is 15.9 Å². The number of benzene rings is 2. The predicted octanol–water partition coefficient (Wildman–Crippen LogP) is -0.420. The van der Waals surface area contributed by atoms with Crippen molar-refractivity contribution in [1.29, 1.82) is 0 Å². The molecule has 2 aliphatic rings. The quantitative estimate of drug-likeness (QED) is 0.102. The highest BCUT2D eigenvalue weighted by Gasteiger charge is 2.49. The first-order valence-electron chi connectivity index (χ1n) is 15.7. The molecule has 0 radical (unpaired) electrons. The molecule has 2 aliphatic heterocycles. The van der Waals surface area contributed by atoms with Gasteiger partial charge in [0.05, 0.1) is 13.2 Å². The Kier molecular flexibility index (Phi) is 10.4. The van der Waals surface area contributed by atoms with Crippen molar-refractivity contribution in [2.45, 2.75) is 55.5 Å². The van der Waals surface area contributed by atoms with Crippen LogP contribution in [0.25, 0.3) is 0 Å². The molecular weight excluding hydrogens is 636 g/mol. The third-order valence-corrected chi connectivity index (χ3v) is 8.62. The standard InChI is InChI=1S/C35H36N4O10/c40-18-26-28(42)30(44)34(48-26)38-13-1-3-22(16-38)32(46)36-24-9-5-20(6-10-24)15-21-7-11-25(12-8-21)37-33(47)23-4-2-14-39(17-23)35-31(45)29(43)27(19-41)49-35/h1-14,16-17,26-31,34-35,40-45H,15,18-19H2/p+2/t26-,27-,28-,29-,30-,31-,34-,35-/m1/s1. The molecule has 4 aromatic rings. The first-order valence-corrected chi connectivity index (χ1v) is 15.7. The average molecular weight is 675 g/mol. The van der Waals surface area contributed by atoms with Crippen LogP contribution in [0.3, 0.4) is 0 Å². The molecule has 0 aliphatic carbocycles. The molecule has 0 unspecified atom stereocenters. The fourth-order valence-electron chi connectivity index (χ4n) is 5.88. The van der Waals surface area contributed by atoms with Crippen molar-refractivity contribution in [3.05, 3.63) is 120 Å². The number of ether oxygens (including phenoxy) is 2. The Morgan fingerprint density at radius 3 is 1.33 bits per heavy atom. The van der Waals surface area contributed by atoms with Gasteiger partial charge in [-0.15, -0.1) is 0 Å². The first-order chi connectivity index (χ1) is 23.6. The number of hydrogen-bond acceptors (Lipinski definition) is 10. The zero-order valence-electron chi connectivity index (χ0n) is 26.2. The van der Waals surface area contributed by atoms with Crippen molar-refractivity contribution in [1.82, 2.24) is 0 Å². The summed E-state index contributed by atoms with van der Waals surface area (Å²) in [6.07, 6.45) is -1.97. The van der Waals surface area contributed by atoms with Crippen molar-refractivity contribution in [2.24, 2.45) is 0 Å². The molecular formula is C35H38N4O10+2. The van der Waals surface area contributed by atoms with Crippen molar-refractivity contribution in [3.8, 4) is 0 Å². The van der Waals surface area contributed by atoms with Crippen molar-refractivity contribution < 1.29 is 58.8 Å². The van der Waals surface area contributed by atoms with E-state index in [9.17, 15) is 40.2 Å². The molecule has 0 spiro atoms. The summed E-state index contributed by atoms with van der Waals surface area (Å²) in [6.45, 7) is -0.895. The molecule has 8 N–H and O–H groups in total. The lowest BCUT2D eigenvalue weighted by molar-refractivity contribution is -0.766. The van der Waals surface area contributed by atoms with Gasteiger partial charge in [0.1, 0.15) is 35.5 Å². The molecule has 2 aromatic heterocycles. The Morgan fingerprint density at radius 1 is 0.592 bits per heavy atom. The van der Waals surface area contributed by atoms with Gasteiger partial charge in [-0.3, -0.25) is 9.59 Å². The summed E-state index contributed by atoms with van der Waals surface area (Å²) in [7, 11) is 0. The number of nitrogens with one attached hydrogen (secondary N) is 2. The molecule has 0 bridgehead atoms. The minimum absolute atomic E-state index is 0.306. The predicted molar refractivity (Wildman–Crippen MR) is 171 cm³/mol. The van der Waals surface area contributed by atoms with E-state index in [4.69, 9.17) is 9.47 Å². The summed E-state index contributed by atoms with van der Waals surface area (Å²) >= 11 is 0. The maximum Gasteiger partial charge on any atom is 0.292 e. The minimum Gasteiger partial charge on any atom is -0.394 e. The van der Waals surface area contributed by atoms with Crippen LogP contribution in [0.2, 0.25) is 0 Å². The fourth-order valence-corrected chi connectivity index (χ4v) is 5.88. The number of rotatable bonds is 10. The summed E-state index contributed by atoms with van der Waals surface area (Å²) < 4.78 is 14.1. The molecule has 2 saturated heterocycles. The van der Waals surface area contributed by atoms with E-state index in [1.165, 1.54) is 21.5 Å². The Balaban J connectivity index is 1.02. The highest BCUT2D eigenvalue weighted by atomic mass is 16.6. The van der Waals surface area contributed by atoms with E-state index in [0.717, 1.165) is 11.1 Å². The van der Waals surface area contributed by atoms with Crippen LogP contribution in [0.5, 0.6) is 0 Å². The van der Waals surface area contributed by atoms with Crippen LogP contribution in [0.1, 0.15) is 44.3 Å². The van der Waals surface area contributed by atoms with E-state index in [1.54, 1.807) is 60.9 Å². The third kappa shape index (κ3) is 7.51. The number of nitrogens with zero attached hydrogens (tertiary/aromatic N) is 2. The lowest BCUT2D eigenvalue weighted by Crippen LogP contribution is -2.46. The third-order valence-electron chi connectivity index (χ3n) is 8.62. The summed E-state index contributed by atoms with van der Waals surface area (Å²) in [5.41, 5.74) is 3.76. The number of anilines is 2. The number of aliphatic hydroxyl groups excluding tert-OH is 6. The molecule has 8 atom stereocenters. The van der Waals surface area contributed by atoms with Crippen LogP contribution in [0.4, 0.5) is 11.4 Å². The number of aromatic nitrogens is 2. The highest BCUT2D eigenvalue weighted by molar-refractivity contribution is 6.04. The largest absolute Gasteiger partial charge is 0.394 e. The summed E-state index contributed by atoms with van der Waals surface area (Å²) in [6, 6.07) is 21.2. The average Bonchev–Trinajstić information content (AvgIpc) is 3.59. The SMILES string of the molecule is O=C(Nc1ccc(Cc2ccc(NC(=O)c3ccc[n+]([C@@H]4O[C@H](CO)[C@@H](O)[C@H]4O)c3)cc2)cc1)c1ccc[n+]([C@@H]2O[C@H](CO)[C@@H](O)[C@H]2O)c1. The summed E-state index contributed by atoms with van der Waals surface area (Å²) in [4.78, 5) is 25.9. The van der Waals surface area contributed by atoms with Crippen molar-refractivity contribution in [3.63, 3.8) is 0 Å². The molecule has 14 nitrogen and oxygen atoms in total. The molecule has 4 heterocycles. The van der Waals surface area contributed by atoms with Gasteiger partial charge in [-0.25, -0.2) is 0 Å². The lowest BCUT2D eigenvalue weighted by atomic mass is 10.0. The number of amides is 2. The molecule has 14 heteroatoms. The topological polar surface area (TPSA) is 206 Å². The number of aliphatic hydroxyl groups is 6. The van der Waals surface area contributed by atoms with E-state index < -0.39 is 62.3 Å². The van der Waals surface area contributed by atoms with E-state index in [-0.39, 0.29) is 11.8 Å². The van der Waals surface area contributed by atoms with Crippen LogP contribution < -0.4 is 19.8 Å². The van der Waals surface area contributed by atoms with Crippen molar-refractivity contribution >= 4 is 23.2 Å². The smallest absolute Gasteiger partial charge is 0.292 e. The Morgan fingerprint density at radius 2 is 0.980 bits per heavy atom. The fraction of sp³-hybridized carbons (Fsp3) is 0.314. The van der Waals surface area contributed by atoms with Gasteiger partial charge in [0.15, 0.2) is 37.0 Å². The molecule has 256 valence electrons. The van der Waals surface area contributed by atoms with Gasteiger partial charge < -0.3 is 50.7 Å². The first kappa shape index (κ1) is 34.2. The maximum atomic E-state index is 13.0. The molecule has 2 aromatic carbocycles. The molecule has 2 amide bonds. The molecule has 2 fully saturated rings. The van der Waals surface area contributed by atoms with Crippen LogP contribution >= 0.6 is 0 Å². The number of pyridine rings is 2. The minimum atomic E-state index is -1.27. The molecule has 49 heavy (non-hydrogen) atoms. The van der Waals surface area contributed by atoms with Gasteiger partial charge in [-0.05, 0) is 53.9 Å². The Hall–Kier alpha value is -4.64. The number of carbonyl (C=O) groups excluding carboxylic acids is 2. The number of hydrogen-bond donors (Lipinski definition) is 8. The van der Waals surface area contributed by atoms with Gasteiger partial charge in [0.2, 0.25) is 0 Å². The molecule has 6 rings (SSSR count). The summed E-state index contributed by atoms with van der Waals surface area (Å²) in [5, 5.41) is 65.2. The summed E-state index contributed by atoms with van der Waals surface area (Å²) in [5.74, 6) is -0.759. The Bertz CT molecular complexity index is 1640. The van der Waals surface area contributed by atoms with Gasteiger partial charge in [-0.1, -0.05) is 24.3 Å². The second kappa shape index (κ2) is 14.9. The van der Waals surface area contributed by atoms with E-state index in [1.807, 2.05) is 24.3 Å². The van der Waals surface area contributed by atoms with Gasteiger partial charge >= 0.3 is 0 Å². The highest BCUT2D eigenvalue weighted by Crippen LogP contribution is 2.26. The van der Waals surface area contributed by atoms with Gasteiger partial charge in [0, 0.05) is 23.5 Å². The second-order valence-electron chi connectivity index (χ2n) is 12.0. The molecule has 0 saturated carbocycles. The van der Waals surface area contributed by atoms with E-state index in [2.05, 4.69) is 10.6 Å². The van der Waals surface area contributed by atoms with Crippen LogP contribution in [0.15, 0.2) is 97.6 Å². The second-order valence-corrected chi connectivity index (χ2v) is 12.0. The monoisotopic (exact) mass is 674 g/mol. The zero-order chi connectivity index (χ0) is 34.7. The van der Waals surface area contributed by atoms with Crippen molar-refractivity contribution in [2.75, 3.05) is 23.8 Å². The van der Waals surface area contributed by atoms with E-state index >= 15 is 0 Å². The van der Waals surface area contributed by atoms with Crippen LogP contribution in [-0.4, -0.2) is 92.3 Å². The van der Waals surface area contributed by atoms with E-state index in [0.29, 0.717) is 28.9 Å². The van der Waals surface area contributed by atoms with Gasteiger partial charge in [-0.2, -0.15) is 9.13 Å². The van der Waals surface area contributed by atoms with Crippen LogP contribution in [0, 0.1) is 0 Å². The van der Waals surface area contributed by atoms with Gasteiger partial charge in [0.25, 0.3) is 24.3 Å². The zero-order valence-corrected chi connectivity index (χ0v) is 26.2. The normalized spacial score (nSPS) is 26.4. The lowest BCUT2D eigenvalue weighted by Gasteiger charge is -2.11.